The van der Waals surface area contributed by atoms with Crippen LogP contribution in [0.15, 0.2) is 42.5 Å². The molecule has 2 aromatic carbocycles. The van der Waals surface area contributed by atoms with Crippen LogP contribution in [0.1, 0.15) is 27.0 Å². The van der Waals surface area contributed by atoms with Gasteiger partial charge in [0.1, 0.15) is 0 Å². The van der Waals surface area contributed by atoms with E-state index in [0.29, 0.717) is 11.1 Å². The summed E-state index contributed by atoms with van der Waals surface area (Å²) in [6, 6.07) is 10.3. The Kier molecular flexibility index (Phi) is 4.70. The maximum absolute atomic E-state index is 12.7. The van der Waals surface area contributed by atoms with Gasteiger partial charge in [0, 0.05) is 15.6 Å². The average molecular weight is 404 g/mol. The van der Waals surface area contributed by atoms with E-state index in [1.54, 1.807) is 12.1 Å². The predicted molar refractivity (Wildman–Crippen MR) is 83.4 cm³/mol. The molecule has 0 saturated carbocycles. The first-order valence-corrected chi connectivity index (χ1v) is 7.31. The Hall–Kier alpha value is -1.37. The van der Waals surface area contributed by atoms with E-state index in [9.17, 15) is 18.0 Å². The van der Waals surface area contributed by atoms with Crippen LogP contribution in [-0.4, -0.2) is 5.78 Å². The fourth-order valence-corrected chi connectivity index (χ4v) is 2.66. The van der Waals surface area contributed by atoms with Crippen molar-refractivity contribution in [2.75, 3.05) is 0 Å². The van der Waals surface area contributed by atoms with Gasteiger partial charge >= 0.3 is 6.18 Å². The summed E-state index contributed by atoms with van der Waals surface area (Å²) < 4.78 is 38.8. The largest absolute Gasteiger partial charge is 0.416 e. The molecule has 0 atom stereocenters. The van der Waals surface area contributed by atoms with Crippen molar-refractivity contribution in [3.63, 3.8) is 0 Å². The topological polar surface area (TPSA) is 17.1 Å². The summed E-state index contributed by atoms with van der Waals surface area (Å²) in [5.41, 5.74) is 1.16. The minimum atomic E-state index is -4.39. The lowest BCUT2D eigenvalue weighted by molar-refractivity contribution is -0.137. The Morgan fingerprint density at radius 2 is 1.81 bits per heavy atom. The molecule has 0 fully saturated rings. The van der Waals surface area contributed by atoms with Gasteiger partial charge in [-0.05, 0) is 46.7 Å². The molecular weight excluding hydrogens is 392 g/mol. The second-order valence-corrected chi connectivity index (χ2v) is 5.81. The maximum atomic E-state index is 12.7. The molecule has 0 bridgehead atoms. The number of alkyl halides is 3. The van der Waals surface area contributed by atoms with Crippen molar-refractivity contribution >= 4 is 28.4 Å². The molecule has 1 nitrogen and oxygen atoms in total. The Morgan fingerprint density at radius 1 is 1.14 bits per heavy atom. The number of hydrogen-bond acceptors (Lipinski definition) is 1. The van der Waals surface area contributed by atoms with Crippen LogP contribution in [-0.2, 0) is 12.6 Å². The van der Waals surface area contributed by atoms with Crippen LogP contribution in [0, 0.1) is 10.5 Å². The van der Waals surface area contributed by atoms with E-state index in [0.717, 1.165) is 21.3 Å². The number of benzene rings is 2. The van der Waals surface area contributed by atoms with Crippen LogP contribution in [0.5, 0.6) is 0 Å². The molecular formula is C16H12F3IO. The molecule has 0 saturated heterocycles. The fourth-order valence-electron chi connectivity index (χ4n) is 2.00. The molecule has 2 aromatic rings. The normalized spacial score (nSPS) is 11.5. The quantitative estimate of drug-likeness (QED) is 0.518. The number of Topliss-reactive ketones (excluding diaryl/α,β-unsaturated/α-hetero) is 1. The lowest BCUT2D eigenvalue weighted by Gasteiger charge is -2.09. The Balaban J connectivity index is 2.26. The van der Waals surface area contributed by atoms with Crippen molar-refractivity contribution in [1.29, 1.82) is 0 Å². The average Bonchev–Trinajstić information content (AvgIpc) is 2.41. The van der Waals surface area contributed by atoms with Gasteiger partial charge in [-0.3, -0.25) is 4.79 Å². The van der Waals surface area contributed by atoms with Crippen molar-refractivity contribution in [1.82, 2.24) is 0 Å². The van der Waals surface area contributed by atoms with Gasteiger partial charge in [0.25, 0.3) is 0 Å². The van der Waals surface area contributed by atoms with E-state index in [-0.39, 0.29) is 12.2 Å². The molecule has 0 aromatic heterocycles. The predicted octanol–water partition coefficient (Wildman–Crippen LogP) is 5.04. The second-order valence-electron chi connectivity index (χ2n) is 4.73. The summed E-state index contributed by atoms with van der Waals surface area (Å²) in [5, 5.41) is 0. The zero-order valence-electron chi connectivity index (χ0n) is 11.2. The van der Waals surface area contributed by atoms with Crippen LogP contribution >= 0.6 is 22.6 Å². The molecule has 0 aliphatic heterocycles. The first-order valence-electron chi connectivity index (χ1n) is 6.23. The summed E-state index contributed by atoms with van der Waals surface area (Å²) in [6.07, 6.45) is -4.43. The van der Waals surface area contributed by atoms with Gasteiger partial charge < -0.3 is 0 Å². The van der Waals surface area contributed by atoms with Gasteiger partial charge in [-0.2, -0.15) is 13.2 Å². The van der Waals surface area contributed by atoms with E-state index < -0.39 is 11.7 Å². The molecule has 2 rings (SSSR count). The van der Waals surface area contributed by atoms with Gasteiger partial charge in [-0.1, -0.05) is 36.4 Å². The van der Waals surface area contributed by atoms with Crippen LogP contribution in [0.2, 0.25) is 0 Å². The SMILES string of the molecule is Cc1cccc(C(=O)Cc2cccc(C(F)(F)F)c2)c1I. The molecule has 0 amide bonds. The lowest BCUT2D eigenvalue weighted by atomic mass is 10.00. The number of carbonyl (C=O) groups excluding carboxylic acids is 1. The first kappa shape index (κ1) is 16.0. The molecule has 110 valence electrons. The van der Waals surface area contributed by atoms with E-state index in [1.807, 2.05) is 13.0 Å². The number of carbonyl (C=O) groups is 1. The third kappa shape index (κ3) is 3.84. The molecule has 0 aliphatic rings. The third-order valence-electron chi connectivity index (χ3n) is 3.11. The molecule has 5 heteroatoms. The van der Waals surface area contributed by atoms with E-state index >= 15 is 0 Å². The number of rotatable bonds is 3. The molecule has 0 spiro atoms. The molecule has 21 heavy (non-hydrogen) atoms. The highest BCUT2D eigenvalue weighted by atomic mass is 127. The second kappa shape index (κ2) is 6.17. The van der Waals surface area contributed by atoms with Crippen molar-refractivity contribution < 1.29 is 18.0 Å². The number of halogens is 4. The van der Waals surface area contributed by atoms with Crippen molar-refractivity contribution in [3.05, 3.63) is 68.3 Å². The van der Waals surface area contributed by atoms with E-state index in [2.05, 4.69) is 22.6 Å². The standard InChI is InChI=1S/C16H12F3IO/c1-10-4-2-7-13(15(10)20)14(21)9-11-5-3-6-12(8-11)16(17,18)19/h2-8H,9H2,1H3. The fraction of sp³-hybridized carbons (Fsp3) is 0.188. The Labute approximate surface area is 134 Å². The number of hydrogen-bond donors (Lipinski definition) is 0. The van der Waals surface area contributed by atoms with Gasteiger partial charge in [0.05, 0.1) is 5.56 Å². The smallest absolute Gasteiger partial charge is 0.294 e. The van der Waals surface area contributed by atoms with Crippen LogP contribution in [0.4, 0.5) is 13.2 Å². The molecule has 0 radical (unpaired) electrons. The summed E-state index contributed by atoms with van der Waals surface area (Å²) >= 11 is 2.08. The zero-order chi connectivity index (χ0) is 15.6. The number of ketones is 1. The van der Waals surface area contributed by atoms with Crippen LogP contribution in [0.3, 0.4) is 0 Å². The third-order valence-corrected chi connectivity index (χ3v) is 4.54. The van der Waals surface area contributed by atoms with E-state index in [1.165, 1.54) is 12.1 Å². The summed E-state index contributed by atoms with van der Waals surface area (Å²) in [7, 11) is 0. The Morgan fingerprint density at radius 3 is 2.48 bits per heavy atom. The maximum Gasteiger partial charge on any atom is 0.416 e. The monoisotopic (exact) mass is 404 g/mol. The molecule has 0 aliphatic carbocycles. The Bertz CT molecular complexity index is 677. The van der Waals surface area contributed by atoms with Gasteiger partial charge in [-0.25, -0.2) is 0 Å². The number of aryl methyl sites for hydroxylation is 1. The van der Waals surface area contributed by atoms with Crippen LogP contribution < -0.4 is 0 Å². The first-order chi connectivity index (χ1) is 9.79. The molecule has 0 N–H and O–H groups in total. The molecule has 0 heterocycles. The highest BCUT2D eigenvalue weighted by Crippen LogP contribution is 2.30. The molecule has 0 unspecified atom stereocenters. The van der Waals surface area contributed by atoms with Gasteiger partial charge in [0.2, 0.25) is 0 Å². The van der Waals surface area contributed by atoms with Gasteiger partial charge in [0.15, 0.2) is 5.78 Å². The highest BCUT2D eigenvalue weighted by molar-refractivity contribution is 14.1. The summed E-state index contributed by atoms with van der Waals surface area (Å²) in [6.45, 7) is 1.89. The van der Waals surface area contributed by atoms with E-state index in [4.69, 9.17) is 0 Å². The van der Waals surface area contributed by atoms with Gasteiger partial charge in [-0.15, -0.1) is 0 Å². The van der Waals surface area contributed by atoms with Crippen molar-refractivity contribution in [3.8, 4) is 0 Å². The van der Waals surface area contributed by atoms with Crippen molar-refractivity contribution in [2.24, 2.45) is 0 Å². The lowest BCUT2D eigenvalue weighted by Crippen LogP contribution is -2.09. The minimum absolute atomic E-state index is 0.0383. The van der Waals surface area contributed by atoms with Crippen molar-refractivity contribution in [2.45, 2.75) is 19.5 Å². The van der Waals surface area contributed by atoms with Crippen LogP contribution in [0.25, 0.3) is 0 Å². The summed E-state index contributed by atoms with van der Waals surface area (Å²) in [5.74, 6) is -0.178. The summed E-state index contributed by atoms with van der Waals surface area (Å²) in [4.78, 5) is 12.3. The minimum Gasteiger partial charge on any atom is -0.294 e. The zero-order valence-corrected chi connectivity index (χ0v) is 13.3. The highest BCUT2D eigenvalue weighted by Gasteiger charge is 2.30.